The SMILES string of the molecule is O=C1CN(C2CC2)C(=O)N1Cc1ccc(Cl)c(Cl)c1. The van der Waals surface area contributed by atoms with E-state index in [0.29, 0.717) is 10.0 Å². The molecule has 4 nitrogen and oxygen atoms in total. The summed E-state index contributed by atoms with van der Waals surface area (Å²) >= 11 is 11.8. The molecule has 1 saturated heterocycles. The molecule has 19 heavy (non-hydrogen) atoms. The summed E-state index contributed by atoms with van der Waals surface area (Å²) < 4.78 is 0. The number of carbonyl (C=O) groups excluding carboxylic acids is 2. The lowest BCUT2D eigenvalue weighted by atomic mass is 10.2. The first-order valence-electron chi connectivity index (χ1n) is 6.11. The number of carbonyl (C=O) groups is 2. The van der Waals surface area contributed by atoms with Crippen LogP contribution in [-0.4, -0.2) is 34.3 Å². The molecule has 1 aliphatic carbocycles. The molecular weight excluding hydrogens is 287 g/mol. The van der Waals surface area contributed by atoms with Crippen molar-refractivity contribution in [2.45, 2.75) is 25.4 Å². The van der Waals surface area contributed by atoms with Crippen LogP contribution in [0.5, 0.6) is 0 Å². The first-order valence-corrected chi connectivity index (χ1v) is 6.87. The number of hydrogen-bond donors (Lipinski definition) is 0. The minimum absolute atomic E-state index is 0.150. The molecule has 0 spiro atoms. The second-order valence-electron chi connectivity index (χ2n) is 4.87. The zero-order valence-electron chi connectivity index (χ0n) is 10.1. The summed E-state index contributed by atoms with van der Waals surface area (Å²) in [5, 5.41) is 0.890. The summed E-state index contributed by atoms with van der Waals surface area (Å²) in [6.45, 7) is 0.447. The van der Waals surface area contributed by atoms with Crippen molar-refractivity contribution in [2.24, 2.45) is 0 Å². The lowest BCUT2D eigenvalue weighted by Crippen LogP contribution is -2.33. The Hall–Kier alpha value is -1.26. The summed E-state index contributed by atoms with van der Waals surface area (Å²) in [5.74, 6) is -0.150. The van der Waals surface area contributed by atoms with Gasteiger partial charge in [-0.15, -0.1) is 0 Å². The molecular formula is C13H12Cl2N2O2. The van der Waals surface area contributed by atoms with Crippen molar-refractivity contribution < 1.29 is 9.59 Å². The average molecular weight is 299 g/mol. The molecule has 0 unspecified atom stereocenters. The van der Waals surface area contributed by atoms with Gasteiger partial charge in [0.25, 0.3) is 5.91 Å². The minimum atomic E-state index is -0.196. The largest absolute Gasteiger partial charge is 0.327 e. The second-order valence-corrected chi connectivity index (χ2v) is 5.68. The molecule has 3 amide bonds. The topological polar surface area (TPSA) is 40.6 Å². The zero-order chi connectivity index (χ0) is 13.6. The summed E-state index contributed by atoms with van der Waals surface area (Å²) in [6, 6.07) is 5.19. The molecule has 0 bridgehead atoms. The monoisotopic (exact) mass is 298 g/mol. The van der Waals surface area contributed by atoms with Gasteiger partial charge < -0.3 is 4.90 Å². The summed E-state index contributed by atoms with van der Waals surface area (Å²) in [7, 11) is 0. The summed E-state index contributed by atoms with van der Waals surface area (Å²) in [6.07, 6.45) is 2.00. The van der Waals surface area contributed by atoms with Crippen LogP contribution in [0.3, 0.4) is 0 Å². The van der Waals surface area contributed by atoms with Crippen LogP contribution in [0.1, 0.15) is 18.4 Å². The van der Waals surface area contributed by atoms with Gasteiger partial charge in [-0.1, -0.05) is 29.3 Å². The quantitative estimate of drug-likeness (QED) is 0.805. The smallest absolute Gasteiger partial charge is 0.312 e. The third kappa shape index (κ3) is 2.42. The van der Waals surface area contributed by atoms with Crippen LogP contribution in [0, 0.1) is 0 Å². The van der Waals surface area contributed by atoms with Crippen molar-refractivity contribution >= 4 is 35.1 Å². The Balaban J connectivity index is 1.76. The molecule has 100 valence electrons. The highest BCUT2D eigenvalue weighted by atomic mass is 35.5. The third-order valence-electron chi connectivity index (χ3n) is 3.40. The molecule has 0 aromatic heterocycles. The van der Waals surface area contributed by atoms with E-state index in [1.165, 1.54) is 4.90 Å². The molecule has 1 aromatic carbocycles. The van der Waals surface area contributed by atoms with Crippen molar-refractivity contribution in [3.63, 3.8) is 0 Å². The Bertz CT molecular complexity index is 558. The lowest BCUT2D eigenvalue weighted by molar-refractivity contribution is -0.125. The molecule has 0 atom stereocenters. The summed E-state index contributed by atoms with van der Waals surface area (Å²) in [5.41, 5.74) is 0.800. The van der Waals surface area contributed by atoms with E-state index < -0.39 is 0 Å². The van der Waals surface area contributed by atoms with Gasteiger partial charge in [-0.25, -0.2) is 4.79 Å². The number of amides is 3. The zero-order valence-corrected chi connectivity index (χ0v) is 11.6. The van der Waals surface area contributed by atoms with Gasteiger partial charge >= 0.3 is 6.03 Å². The minimum Gasteiger partial charge on any atom is -0.312 e. The molecule has 0 N–H and O–H groups in total. The third-order valence-corrected chi connectivity index (χ3v) is 4.13. The molecule has 1 saturated carbocycles. The van der Waals surface area contributed by atoms with Gasteiger partial charge in [-0.2, -0.15) is 0 Å². The molecule has 3 rings (SSSR count). The lowest BCUT2D eigenvalue weighted by Gasteiger charge is -2.16. The van der Waals surface area contributed by atoms with Crippen molar-refractivity contribution in [3.05, 3.63) is 33.8 Å². The number of imide groups is 1. The van der Waals surface area contributed by atoms with Crippen LogP contribution in [0.15, 0.2) is 18.2 Å². The van der Waals surface area contributed by atoms with Gasteiger partial charge in [0.2, 0.25) is 0 Å². The van der Waals surface area contributed by atoms with E-state index in [2.05, 4.69) is 0 Å². The standard InChI is InChI=1S/C13H12Cl2N2O2/c14-10-4-1-8(5-11(10)15)6-17-12(18)7-16(13(17)19)9-2-3-9/h1,4-5,9H,2-3,6-7H2. The Morgan fingerprint density at radius 1 is 1.16 bits per heavy atom. The normalized spacial score (nSPS) is 19.5. The van der Waals surface area contributed by atoms with Crippen molar-refractivity contribution in [1.82, 2.24) is 9.80 Å². The van der Waals surface area contributed by atoms with Crippen molar-refractivity contribution in [3.8, 4) is 0 Å². The van der Waals surface area contributed by atoms with E-state index in [1.807, 2.05) is 0 Å². The van der Waals surface area contributed by atoms with Crippen LogP contribution in [0.25, 0.3) is 0 Å². The highest BCUT2D eigenvalue weighted by molar-refractivity contribution is 6.42. The number of urea groups is 1. The molecule has 1 aromatic rings. The van der Waals surface area contributed by atoms with Crippen LogP contribution in [0.4, 0.5) is 4.79 Å². The Labute approximate surface area is 120 Å². The number of hydrogen-bond acceptors (Lipinski definition) is 2. The highest BCUT2D eigenvalue weighted by Gasteiger charge is 2.43. The van der Waals surface area contributed by atoms with Gasteiger partial charge in [0, 0.05) is 6.04 Å². The predicted octanol–water partition coefficient (Wildman–Crippen LogP) is 2.92. The fraction of sp³-hybridized carbons (Fsp3) is 0.385. The Kier molecular flexibility index (Phi) is 3.15. The van der Waals surface area contributed by atoms with E-state index in [-0.39, 0.29) is 31.1 Å². The fourth-order valence-corrected chi connectivity index (χ4v) is 2.53. The molecule has 6 heteroatoms. The molecule has 0 radical (unpaired) electrons. The molecule has 1 aliphatic heterocycles. The van der Waals surface area contributed by atoms with Crippen LogP contribution >= 0.6 is 23.2 Å². The maximum atomic E-state index is 12.1. The van der Waals surface area contributed by atoms with E-state index in [0.717, 1.165) is 18.4 Å². The first kappa shape index (κ1) is 12.8. The van der Waals surface area contributed by atoms with E-state index in [4.69, 9.17) is 23.2 Å². The van der Waals surface area contributed by atoms with Gasteiger partial charge in [-0.3, -0.25) is 9.69 Å². The van der Waals surface area contributed by atoms with Crippen molar-refractivity contribution in [1.29, 1.82) is 0 Å². The number of benzene rings is 1. The highest BCUT2D eigenvalue weighted by Crippen LogP contribution is 2.31. The van der Waals surface area contributed by atoms with E-state index in [9.17, 15) is 9.59 Å². The van der Waals surface area contributed by atoms with E-state index >= 15 is 0 Å². The fourth-order valence-electron chi connectivity index (χ4n) is 2.21. The maximum Gasteiger partial charge on any atom is 0.327 e. The van der Waals surface area contributed by atoms with Gasteiger partial charge in [0.05, 0.1) is 16.6 Å². The second kappa shape index (κ2) is 4.69. The van der Waals surface area contributed by atoms with Crippen LogP contribution in [-0.2, 0) is 11.3 Å². The maximum absolute atomic E-state index is 12.1. The summed E-state index contributed by atoms with van der Waals surface area (Å²) in [4.78, 5) is 26.9. The van der Waals surface area contributed by atoms with E-state index in [1.54, 1.807) is 23.1 Å². The van der Waals surface area contributed by atoms with Gasteiger partial charge in [0.15, 0.2) is 0 Å². The molecule has 2 fully saturated rings. The van der Waals surface area contributed by atoms with Crippen LogP contribution in [0.2, 0.25) is 10.0 Å². The van der Waals surface area contributed by atoms with Gasteiger partial charge in [0.1, 0.15) is 6.54 Å². The number of nitrogens with zero attached hydrogens (tertiary/aromatic N) is 2. The Morgan fingerprint density at radius 2 is 1.89 bits per heavy atom. The van der Waals surface area contributed by atoms with Gasteiger partial charge in [-0.05, 0) is 30.5 Å². The predicted molar refractivity (Wildman–Crippen MR) is 72.1 cm³/mol. The molecule has 2 aliphatic rings. The van der Waals surface area contributed by atoms with Crippen LogP contribution < -0.4 is 0 Å². The number of rotatable bonds is 3. The average Bonchev–Trinajstić information content (AvgIpc) is 3.16. The number of halogens is 2. The molecule has 1 heterocycles. The first-order chi connectivity index (χ1) is 9.06. The van der Waals surface area contributed by atoms with Crippen molar-refractivity contribution in [2.75, 3.05) is 6.54 Å². The Morgan fingerprint density at radius 3 is 2.53 bits per heavy atom.